The van der Waals surface area contributed by atoms with Crippen molar-refractivity contribution < 1.29 is 27.1 Å². The van der Waals surface area contributed by atoms with Gasteiger partial charge in [-0.1, -0.05) is 12.1 Å². The molecule has 0 aliphatic rings. The molecule has 166 valence electrons. The number of benzene rings is 2. The van der Waals surface area contributed by atoms with Crippen LogP contribution in [0.1, 0.15) is 20.8 Å². The Morgan fingerprint density at radius 2 is 1.97 bits per heavy atom. The van der Waals surface area contributed by atoms with Crippen molar-refractivity contribution in [3.63, 3.8) is 0 Å². The minimum Gasteiger partial charge on any atom is -0.493 e. The van der Waals surface area contributed by atoms with Gasteiger partial charge in [-0.25, -0.2) is 5.43 Å². The molecule has 3 aromatic rings. The van der Waals surface area contributed by atoms with Crippen LogP contribution in [-0.2, 0) is 10.1 Å². The van der Waals surface area contributed by atoms with Crippen molar-refractivity contribution in [3.05, 3.63) is 80.0 Å². The van der Waals surface area contributed by atoms with Gasteiger partial charge in [0.05, 0.1) is 23.1 Å². The van der Waals surface area contributed by atoms with Gasteiger partial charge >= 0.3 is 10.1 Å². The van der Waals surface area contributed by atoms with E-state index in [-0.39, 0.29) is 28.0 Å². The summed E-state index contributed by atoms with van der Waals surface area (Å²) < 4.78 is 35.6. The summed E-state index contributed by atoms with van der Waals surface area (Å²) in [6.45, 7) is 1.50. The van der Waals surface area contributed by atoms with E-state index in [4.69, 9.17) is 8.92 Å². The lowest BCUT2D eigenvalue weighted by Gasteiger charge is -2.11. The van der Waals surface area contributed by atoms with Crippen LogP contribution in [0.4, 0.5) is 5.69 Å². The zero-order valence-electron chi connectivity index (χ0n) is 16.8. The molecule has 0 atom stereocenters. The minimum absolute atomic E-state index is 0.0868. The molecule has 0 unspecified atom stereocenters. The molecule has 0 fully saturated rings. The summed E-state index contributed by atoms with van der Waals surface area (Å²) in [6.07, 6.45) is 1.36. The van der Waals surface area contributed by atoms with Crippen molar-refractivity contribution in [1.82, 2.24) is 5.43 Å². The van der Waals surface area contributed by atoms with Gasteiger partial charge in [-0.2, -0.15) is 13.5 Å². The first kappa shape index (κ1) is 22.9. The molecule has 2 aromatic carbocycles. The number of amides is 1. The van der Waals surface area contributed by atoms with E-state index in [0.717, 1.165) is 6.07 Å². The largest absolute Gasteiger partial charge is 0.493 e. The fourth-order valence-electron chi connectivity index (χ4n) is 2.57. The van der Waals surface area contributed by atoms with Crippen molar-refractivity contribution in [2.24, 2.45) is 5.10 Å². The maximum Gasteiger partial charge on any atom is 0.339 e. The molecule has 0 bridgehead atoms. The molecule has 0 aliphatic heterocycles. The number of hydrazone groups is 1. The fourth-order valence-corrected chi connectivity index (χ4v) is 4.14. The maximum absolute atomic E-state index is 12.6. The maximum atomic E-state index is 12.6. The average Bonchev–Trinajstić information content (AvgIpc) is 3.29. The van der Waals surface area contributed by atoms with Crippen LogP contribution in [0.15, 0.2) is 63.9 Å². The summed E-state index contributed by atoms with van der Waals surface area (Å²) in [4.78, 5) is 22.5. The molecular formula is C20H17N3O7S2. The zero-order chi connectivity index (χ0) is 23.3. The topological polar surface area (TPSA) is 137 Å². The Morgan fingerprint density at radius 3 is 2.62 bits per heavy atom. The van der Waals surface area contributed by atoms with Gasteiger partial charge in [0.25, 0.3) is 11.6 Å². The van der Waals surface area contributed by atoms with Crippen molar-refractivity contribution in [2.45, 2.75) is 11.8 Å². The first-order valence-electron chi connectivity index (χ1n) is 8.96. The molecule has 10 nitrogen and oxygen atoms in total. The quantitative estimate of drug-likeness (QED) is 0.228. The molecule has 1 N–H and O–H groups in total. The van der Waals surface area contributed by atoms with Crippen molar-refractivity contribution >= 4 is 39.3 Å². The molecule has 1 amide bonds. The van der Waals surface area contributed by atoms with E-state index in [2.05, 4.69) is 10.5 Å². The summed E-state index contributed by atoms with van der Waals surface area (Å²) in [6, 6.07) is 11.2. The fraction of sp³-hybridized carbons (Fsp3) is 0.100. The Bertz CT molecular complexity index is 1290. The van der Waals surface area contributed by atoms with E-state index < -0.39 is 15.0 Å². The number of rotatable bonds is 8. The first-order chi connectivity index (χ1) is 15.2. The van der Waals surface area contributed by atoms with Crippen molar-refractivity contribution in [3.8, 4) is 11.5 Å². The standard InChI is InChI=1S/C20H17N3O7S2/c1-13-5-7-15(11-16(13)23(25)26)32(27,28)30-17-8-6-14(10-18(17)29-2)12-21-22-20(24)19-4-3-9-31-19/h3-12H,1-2H3,(H,22,24). The summed E-state index contributed by atoms with van der Waals surface area (Å²) in [5, 5.41) is 16.7. The summed E-state index contributed by atoms with van der Waals surface area (Å²) in [5.41, 5.74) is 2.87. The Morgan fingerprint density at radius 1 is 1.19 bits per heavy atom. The molecule has 0 radical (unpaired) electrons. The van der Waals surface area contributed by atoms with Gasteiger partial charge in [-0.3, -0.25) is 14.9 Å². The molecule has 0 aliphatic carbocycles. The highest BCUT2D eigenvalue weighted by Gasteiger charge is 2.23. The van der Waals surface area contributed by atoms with Gasteiger partial charge in [0.1, 0.15) is 4.90 Å². The van der Waals surface area contributed by atoms with E-state index in [1.807, 2.05) is 0 Å². The van der Waals surface area contributed by atoms with Crippen LogP contribution >= 0.6 is 11.3 Å². The number of nitrogens with one attached hydrogen (secondary N) is 1. The number of hydrogen-bond donors (Lipinski definition) is 1. The minimum atomic E-state index is -4.36. The van der Waals surface area contributed by atoms with Crippen LogP contribution in [-0.4, -0.2) is 32.6 Å². The molecule has 0 spiro atoms. The third kappa shape index (κ3) is 5.28. The Balaban J connectivity index is 1.78. The van der Waals surface area contributed by atoms with E-state index in [0.29, 0.717) is 16.0 Å². The Hall–Kier alpha value is -3.77. The number of carbonyl (C=O) groups excluding carboxylic acids is 1. The summed E-state index contributed by atoms with van der Waals surface area (Å²) >= 11 is 1.28. The van der Waals surface area contributed by atoms with Crippen LogP contribution in [0.25, 0.3) is 0 Å². The number of aryl methyl sites for hydroxylation is 1. The number of thiophene rings is 1. The molecule has 12 heteroatoms. The van der Waals surface area contributed by atoms with Gasteiger partial charge in [0, 0.05) is 11.6 Å². The monoisotopic (exact) mass is 475 g/mol. The highest BCUT2D eigenvalue weighted by Crippen LogP contribution is 2.31. The van der Waals surface area contributed by atoms with Crippen LogP contribution in [0.3, 0.4) is 0 Å². The van der Waals surface area contributed by atoms with Gasteiger partial charge in [0.2, 0.25) is 0 Å². The number of nitro benzene ring substituents is 1. The number of carbonyl (C=O) groups is 1. The molecule has 1 aromatic heterocycles. The van der Waals surface area contributed by atoms with Crippen molar-refractivity contribution in [1.29, 1.82) is 0 Å². The summed E-state index contributed by atoms with van der Waals surface area (Å²) in [7, 11) is -3.03. The molecule has 0 saturated carbocycles. The SMILES string of the molecule is COc1cc(C=NNC(=O)c2cccs2)ccc1OS(=O)(=O)c1ccc(C)c([N+](=O)[O-])c1. The molecule has 1 heterocycles. The normalized spacial score (nSPS) is 11.3. The second kappa shape index (κ2) is 9.58. The number of hydrogen-bond acceptors (Lipinski definition) is 9. The van der Waals surface area contributed by atoms with Crippen LogP contribution in [0.5, 0.6) is 11.5 Å². The van der Waals surface area contributed by atoms with Crippen LogP contribution < -0.4 is 14.3 Å². The first-order valence-corrected chi connectivity index (χ1v) is 11.2. The lowest BCUT2D eigenvalue weighted by Crippen LogP contribution is -2.16. The number of nitro groups is 1. The predicted octanol–water partition coefficient (Wildman–Crippen LogP) is 3.50. The Labute approximate surface area is 187 Å². The third-order valence-electron chi connectivity index (χ3n) is 4.18. The van der Waals surface area contributed by atoms with Crippen molar-refractivity contribution in [2.75, 3.05) is 7.11 Å². The molecule has 3 rings (SSSR count). The van der Waals surface area contributed by atoms with E-state index >= 15 is 0 Å². The highest BCUT2D eigenvalue weighted by molar-refractivity contribution is 7.87. The number of methoxy groups -OCH3 is 1. The van der Waals surface area contributed by atoms with Gasteiger partial charge < -0.3 is 8.92 Å². The average molecular weight is 476 g/mol. The zero-order valence-corrected chi connectivity index (χ0v) is 18.5. The second-order valence-electron chi connectivity index (χ2n) is 6.33. The lowest BCUT2D eigenvalue weighted by molar-refractivity contribution is -0.385. The highest BCUT2D eigenvalue weighted by atomic mass is 32.2. The van der Waals surface area contributed by atoms with Gasteiger partial charge in [-0.05, 0) is 48.2 Å². The Kier molecular flexibility index (Phi) is 6.85. The van der Waals surface area contributed by atoms with Crippen LogP contribution in [0.2, 0.25) is 0 Å². The number of nitrogens with zero attached hydrogens (tertiary/aromatic N) is 2. The predicted molar refractivity (Wildman–Crippen MR) is 118 cm³/mol. The lowest BCUT2D eigenvalue weighted by atomic mass is 10.2. The van der Waals surface area contributed by atoms with E-state index in [1.54, 1.807) is 17.5 Å². The third-order valence-corrected chi connectivity index (χ3v) is 6.28. The molecule has 0 saturated heterocycles. The smallest absolute Gasteiger partial charge is 0.339 e. The summed E-state index contributed by atoms with van der Waals surface area (Å²) in [5.74, 6) is -0.388. The molecular weight excluding hydrogens is 458 g/mol. The van der Waals surface area contributed by atoms with E-state index in [1.165, 1.54) is 61.9 Å². The van der Waals surface area contributed by atoms with Gasteiger partial charge in [0.15, 0.2) is 11.5 Å². The number of ether oxygens (including phenoxy) is 1. The second-order valence-corrected chi connectivity index (χ2v) is 8.82. The van der Waals surface area contributed by atoms with E-state index in [9.17, 15) is 23.3 Å². The van der Waals surface area contributed by atoms with Crippen LogP contribution in [0, 0.1) is 17.0 Å². The van der Waals surface area contributed by atoms with Gasteiger partial charge in [-0.15, -0.1) is 11.3 Å². The molecule has 32 heavy (non-hydrogen) atoms.